The molecule has 46 heavy (non-hydrogen) atoms. The van der Waals surface area contributed by atoms with Crippen LogP contribution in [0.25, 0.3) is 44.6 Å². The summed E-state index contributed by atoms with van der Waals surface area (Å²) in [7, 11) is 0. The zero-order valence-electron chi connectivity index (χ0n) is 29.4. The average molecular weight is 783 g/mol. The zero-order chi connectivity index (χ0) is 33.9. The Morgan fingerprint density at radius 1 is 0.783 bits per heavy atom. The van der Waals surface area contributed by atoms with Gasteiger partial charge < -0.3 is 14.4 Å². The van der Waals surface area contributed by atoms with E-state index in [1.807, 2.05) is 67.8 Å². The first-order chi connectivity index (χ1) is 23.0. The van der Waals surface area contributed by atoms with E-state index < -0.39 is 6.85 Å². The maximum Gasteiger partial charge on any atom is 0.216 e. The molecule has 5 heteroatoms. The van der Waals surface area contributed by atoms with Gasteiger partial charge in [-0.05, 0) is 78.3 Å². The van der Waals surface area contributed by atoms with Crippen LogP contribution in [-0.2, 0) is 38.4 Å². The molecule has 7 rings (SSSR count). The van der Waals surface area contributed by atoms with Gasteiger partial charge in [-0.25, -0.2) is 4.98 Å². The van der Waals surface area contributed by atoms with Gasteiger partial charge in [-0.1, -0.05) is 79.7 Å². The zero-order valence-corrected chi connectivity index (χ0v) is 28.8. The molecule has 0 amide bonds. The summed E-state index contributed by atoms with van der Waals surface area (Å²) in [6, 6.07) is 38.4. The fourth-order valence-electron chi connectivity index (χ4n) is 5.22. The van der Waals surface area contributed by atoms with Crippen molar-refractivity contribution in [2.45, 2.75) is 52.8 Å². The van der Waals surface area contributed by atoms with Gasteiger partial charge in [0.05, 0.1) is 5.58 Å². The smallest absolute Gasteiger partial charge is 0.216 e. The number of hydrogen-bond donors (Lipinski definition) is 0. The maximum atomic E-state index is 7.64. The molecule has 7 aromatic rings. The number of furan rings is 1. The molecule has 0 saturated heterocycles. The van der Waals surface area contributed by atoms with Gasteiger partial charge in [-0.2, -0.15) is 0 Å². The molecule has 0 atom stereocenters. The summed E-state index contributed by atoms with van der Waals surface area (Å²) in [4.78, 5) is 13.2. The van der Waals surface area contributed by atoms with Crippen molar-refractivity contribution in [2.24, 2.45) is 0 Å². The third-order valence-corrected chi connectivity index (χ3v) is 7.80. The van der Waals surface area contributed by atoms with Crippen molar-refractivity contribution in [1.29, 1.82) is 0 Å². The van der Waals surface area contributed by atoms with Crippen LogP contribution in [0.2, 0.25) is 0 Å². The molecule has 4 aromatic heterocycles. The molecule has 0 N–H and O–H groups in total. The summed E-state index contributed by atoms with van der Waals surface area (Å²) in [6.45, 7) is 6.42. The van der Waals surface area contributed by atoms with Gasteiger partial charge in [0.15, 0.2) is 0 Å². The average Bonchev–Trinajstić information content (AvgIpc) is 3.46. The number of aromatic nitrogens is 3. The molecule has 0 aliphatic heterocycles. The first-order valence-electron chi connectivity index (χ1n) is 16.6. The Labute approximate surface area is 289 Å². The summed E-state index contributed by atoms with van der Waals surface area (Å²) in [5.74, 6) is 0. The van der Waals surface area contributed by atoms with Gasteiger partial charge in [-0.15, -0.1) is 54.1 Å². The molecule has 1 radical (unpaired) electrons. The molecule has 4 heterocycles. The van der Waals surface area contributed by atoms with E-state index >= 15 is 0 Å². The second-order valence-corrected chi connectivity index (χ2v) is 12.2. The largest absolute Gasteiger partial charge is 0.486 e. The van der Waals surface area contributed by atoms with Crippen LogP contribution in [0.3, 0.4) is 0 Å². The molecule has 0 aliphatic rings. The third kappa shape index (κ3) is 7.67. The minimum atomic E-state index is -2.29. The summed E-state index contributed by atoms with van der Waals surface area (Å²) >= 11 is 0. The van der Waals surface area contributed by atoms with E-state index in [1.54, 1.807) is 6.07 Å². The summed E-state index contributed by atoms with van der Waals surface area (Å²) in [6.07, 6.45) is 5.52. The monoisotopic (exact) mass is 783 g/mol. The van der Waals surface area contributed by atoms with Gasteiger partial charge in [0.25, 0.3) is 0 Å². The van der Waals surface area contributed by atoms with Crippen LogP contribution in [0.15, 0.2) is 114 Å². The van der Waals surface area contributed by atoms with Crippen LogP contribution in [0.5, 0.6) is 0 Å². The van der Waals surface area contributed by atoms with Gasteiger partial charge >= 0.3 is 0 Å². The van der Waals surface area contributed by atoms with Crippen LogP contribution in [0, 0.1) is 25.9 Å². The Balaban J connectivity index is 0.000000280. The predicted molar refractivity (Wildman–Crippen MR) is 184 cm³/mol. The van der Waals surface area contributed by atoms with Gasteiger partial charge in [-0.3, -0.25) is 0 Å². The first kappa shape index (κ1) is 29.0. The van der Waals surface area contributed by atoms with Crippen molar-refractivity contribution in [3.05, 3.63) is 150 Å². The molecule has 0 spiro atoms. The fraction of sp³-hybridized carbons (Fsp3) is 0.195. The molecule has 0 fully saturated rings. The first-order valence-corrected chi connectivity index (χ1v) is 15.1. The van der Waals surface area contributed by atoms with E-state index in [4.69, 9.17) is 8.53 Å². The van der Waals surface area contributed by atoms with Crippen molar-refractivity contribution < 1.29 is 28.6 Å². The Bertz CT molecular complexity index is 2150. The van der Waals surface area contributed by atoms with E-state index in [1.165, 1.54) is 28.3 Å². The Morgan fingerprint density at radius 3 is 2.33 bits per heavy atom. The van der Waals surface area contributed by atoms with E-state index in [-0.39, 0.29) is 31.2 Å². The topological polar surface area (TPSA) is 51.8 Å². The molecule has 233 valence electrons. The second-order valence-electron chi connectivity index (χ2n) is 12.2. The Kier molecular flexibility index (Phi) is 9.03. The molecule has 0 bridgehead atoms. The number of aryl methyl sites for hydroxylation is 4. The molecule has 0 unspecified atom stereocenters. The summed E-state index contributed by atoms with van der Waals surface area (Å²) < 4.78 is 29.0. The molecule has 3 aromatic carbocycles. The van der Waals surface area contributed by atoms with Gasteiger partial charge in [0.1, 0.15) is 0 Å². The fourth-order valence-corrected chi connectivity index (χ4v) is 5.22. The Morgan fingerprint density at radius 2 is 1.61 bits per heavy atom. The van der Waals surface area contributed by atoms with Gasteiger partial charge in [0.2, 0.25) is 5.71 Å². The standard InChI is InChI=1S/C29H27N2O.C12H10N.Ir/c1-19-8-15-24-23-6-5-7-25(27(23)32-28(24)31-19)26-18-21(16-17-30-26)10-9-20-11-13-22(14-12-20)29(2,3)4;1-10-7-8-12(13-9-10)11-5-3-2-4-6-11;/h5-6,8,11-18H,9-10H2,1-4H3;2-5,7-9H,1H3;/q2*-1;/i1D3;;. The number of pyridine rings is 3. The SMILES string of the molecule is Cc1ccc(-c2[c-]cccc2)nc1.[2H]C([2H])([2H])c1ccc2c(n1)oc1c(-c3cc(CCc4ccc(C(C)(C)C)cc4)ccn3)[c-]ccc12.[Ir]. The summed E-state index contributed by atoms with van der Waals surface area (Å²) in [5.41, 5.74) is 9.62. The molecular formula is C41H37IrN3O-2. The van der Waals surface area contributed by atoms with Crippen molar-refractivity contribution in [2.75, 3.05) is 0 Å². The van der Waals surface area contributed by atoms with Crippen LogP contribution in [-0.4, -0.2) is 15.0 Å². The van der Waals surface area contributed by atoms with E-state index in [2.05, 4.69) is 84.3 Å². The maximum absolute atomic E-state index is 7.64. The molecular weight excluding hydrogens is 743 g/mol. The predicted octanol–water partition coefficient (Wildman–Crippen LogP) is 10.1. The number of hydrogen-bond acceptors (Lipinski definition) is 4. The minimum absolute atomic E-state index is 0. The van der Waals surface area contributed by atoms with Crippen molar-refractivity contribution in [3.8, 4) is 22.5 Å². The van der Waals surface area contributed by atoms with Crippen LogP contribution >= 0.6 is 0 Å². The quantitative estimate of drug-likeness (QED) is 0.163. The van der Waals surface area contributed by atoms with Crippen molar-refractivity contribution >= 4 is 22.1 Å². The van der Waals surface area contributed by atoms with E-state index in [0.717, 1.165) is 46.1 Å². The van der Waals surface area contributed by atoms with Crippen LogP contribution < -0.4 is 0 Å². The van der Waals surface area contributed by atoms with Crippen LogP contribution in [0.1, 0.15) is 52.8 Å². The number of rotatable bonds is 5. The molecule has 4 nitrogen and oxygen atoms in total. The third-order valence-electron chi connectivity index (χ3n) is 7.80. The summed E-state index contributed by atoms with van der Waals surface area (Å²) in [5, 5.41) is 1.64. The van der Waals surface area contributed by atoms with E-state index in [0.29, 0.717) is 11.3 Å². The van der Waals surface area contributed by atoms with Crippen molar-refractivity contribution in [1.82, 2.24) is 15.0 Å². The number of fused-ring (bicyclic) bond motifs is 3. The number of benzene rings is 3. The van der Waals surface area contributed by atoms with Gasteiger partial charge in [0, 0.05) is 47.7 Å². The molecule has 0 aliphatic carbocycles. The van der Waals surface area contributed by atoms with Crippen molar-refractivity contribution in [3.63, 3.8) is 0 Å². The minimum Gasteiger partial charge on any atom is -0.486 e. The Hall–Kier alpha value is -4.44. The van der Waals surface area contributed by atoms with Crippen LogP contribution in [0.4, 0.5) is 0 Å². The second kappa shape index (κ2) is 14.3. The normalized spacial score (nSPS) is 12.4. The molecule has 0 saturated carbocycles. The number of nitrogens with zero attached hydrogens (tertiary/aromatic N) is 3. The van der Waals surface area contributed by atoms with E-state index in [9.17, 15) is 0 Å².